The Balaban J connectivity index is 1.74. The molecule has 0 aromatic carbocycles. The van der Waals surface area contributed by atoms with E-state index >= 15 is 0 Å². The summed E-state index contributed by atoms with van der Waals surface area (Å²) in [5.74, 6) is -0.521. The number of nitrogens with one attached hydrogen (secondary N) is 1. The van der Waals surface area contributed by atoms with Crippen LogP contribution in [-0.4, -0.2) is 45.2 Å². The van der Waals surface area contributed by atoms with E-state index in [1.165, 1.54) is 0 Å². The highest BCUT2D eigenvalue weighted by atomic mass is 19.4. The molecule has 1 saturated heterocycles. The van der Waals surface area contributed by atoms with Gasteiger partial charge in [-0.3, -0.25) is 4.79 Å². The molecule has 0 saturated carbocycles. The van der Waals surface area contributed by atoms with Crippen molar-refractivity contribution < 1.29 is 18.0 Å². The Kier molecular flexibility index (Phi) is 4.31. The van der Waals surface area contributed by atoms with Gasteiger partial charge in [0.2, 0.25) is 11.7 Å². The highest BCUT2D eigenvalue weighted by Crippen LogP contribution is 2.30. The number of piperidine rings is 1. The molecule has 1 amide bonds. The maximum absolute atomic E-state index is 12.8. The van der Waals surface area contributed by atoms with Gasteiger partial charge >= 0.3 is 6.18 Å². The monoisotopic (exact) mass is 331 g/mol. The molecule has 1 aromatic rings. The molecule has 1 N–H and O–H groups in total. The van der Waals surface area contributed by atoms with E-state index in [4.69, 9.17) is 0 Å². The molecule has 2 atom stereocenters. The molecule has 2 aliphatic heterocycles. The van der Waals surface area contributed by atoms with Gasteiger partial charge in [0.25, 0.3) is 0 Å². The molecule has 1 fully saturated rings. The van der Waals surface area contributed by atoms with Crippen molar-refractivity contribution >= 4 is 5.91 Å². The summed E-state index contributed by atoms with van der Waals surface area (Å²) in [6, 6.07) is 0. The van der Waals surface area contributed by atoms with Crippen molar-refractivity contribution in [3.63, 3.8) is 0 Å². The second kappa shape index (κ2) is 6.10. The summed E-state index contributed by atoms with van der Waals surface area (Å²) >= 11 is 0. The molecule has 3 rings (SSSR count). The number of amides is 1. The molecule has 2 aliphatic rings. The van der Waals surface area contributed by atoms with Gasteiger partial charge in [0.15, 0.2) is 5.82 Å². The van der Waals surface area contributed by atoms with Gasteiger partial charge in [-0.15, -0.1) is 10.2 Å². The number of hydrogen-bond donors (Lipinski definition) is 1. The van der Waals surface area contributed by atoms with Crippen molar-refractivity contribution in [2.24, 2.45) is 11.8 Å². The minimum absolute atomic E-state index is 0.0289. The lowest BCUT2D eigenvalue weighted by atomic mass is 9.83. The van der Waals surface area contributed by atoms with Crippen LogP contribution >= 0.6 is 0 Å². The highest BCUT2D eigenvalue weighted by molar-refractivity contribution is 5.79. The second-order valence-electron chi connectivity index (χ2n) is 6.12. The standard InChI is InChI=1S/C14H20F3N5O/c1-2-9-7-18-4-3-10(9)12(23)21-5-6-22-11(8-21)19-20-13(22)14(15,16)17/h9-10,18H,2-8H2,1H3/t9?,10-/m0/s1. The van der Waals surface area contributed by atoms with Gasteiger partial charge in [-0.25, -0.2) is 0 Å². The topological polar surface area (TPSA) is 63.1 Å². The minimum atomic E-state index is -4.51. The third kappa shape index (κ3) is 3.06. The zero-order valence-electron chi connectivity index (χ0n) is 12.9. The largest absolute Gasteiger partial charge is 0.451 e. The van der Waals surface area contributed by atoms with Crippen LogP contribution in [0.2, 0.25) is 0 Å². The van der Waals surface area contributed by atoms with Crippen LogP contribution in [0.5, 0.6) is 0 Å². The minimum Gasteiger partial charge on any atom is -0.333 e. The van der Waals surface area contributed by atoms with Crippen molar-refractivity contribution in [3.05, 3.63) is 11.6 Å². The Labute approximate surface area is 132 Å². The third-order valence-corrected chi connectivity index (χ3v) is 4.77. The summed E-state index contributed by atoms with van der Waals surface area (Å²) in [5.41, 5.74) is 0. The molecule has 128 valence electrons. The van der Waals surface area contributed by atoms with Crippen LogP contribution in [0.25, 0.3) is 0 Å². The Hall–Kier alpha value is -1.64. The van der Waals surface area contributed by atoms with Crippen LogP contribution in [0.4, 0.5) is 13.2 Å². The van der Waals surface area contributed by atoms with E-state index in [1.807, 2.05) is 0 Å². The molecule has 23 heavy (non-hydrogen) atoms. The van der Waals surface area contributed by atoms with Crippen molar-refractivity contribution in [2.75, 3.05) is 19.6 Å². The van der Waals surface area contributed by atoms with Gasteiger partial charge in [-0.1, -0.05) is 13.3 Å². The molecular weight excluding hydrogens is 311 g/mol. The summed E-state index contributed by atoms with van der Waals surface area (Å²) in [6.45, 7) is 4.13. The average molecular weight is 331 g/mol. The van der Waals surface area contributed by atoms with Crippen molar-refractivity contribution in [1.82, 2.24) is 25.0 Å². The molecule has 0 radical (unpaired) electrons. The van der Waals surface area contributed by atoms with Gasteiger partial charge in [-0.2, -0.15) is 13.2 Å². The Morgan fingerprint density at radius 2 is 2.13 bits per heavy atom. The number of fused-ring (bicyclic) bond motifs is 1. The molecule has 0 aliphatic carbocycles. The number of carbonyl (C=O) groups excluding carboxylic acids is 1. The molecule has 0 bridgehead atoms. The lowest BCUT2D eigenvalue weighted by Crippen LogP contribution is -2.48. The fourth-order valence-electron chi connectivity index (χ4n) is 3.47. The van der Waals surface area contributed by atoms with Crippen molar-refractivity contribution in [3.8, 4) is 0 Å². The summed E-state index contributed by atoms with van der Waals surface area (Å²) in [5, 5.41) is 10.2. The van der Waals surface area contributed by atoms with Crippen molar-refractivity contribution in [1.29, 1.82) is 0 Å². The van der Waals surface area contributed by atoms with Crippen LogP contribution in [0.15, 0.2) is 0 Å². The average Bonchev–Trinajstić information content (AvgIpc) is 2.97. The van der Waals surface area contributed by atoms with E-state index in [-0.39, 0.29) is 43.2 Å². The molecular formula is C14H20F3N5O. The highest BCUT2D eigenvalue weighted by Gasteiger charge is 2.41. The fourth-order valence-corrected chi connectivity index (χ4v) is 3.47. The quantitative estimate of drug-likeness (QED) is 0.887. The molecule has 6 nitrogen and oxygen atoms in total. The van der Waals surface area contributed by atoms with Crippen LogP contribution in [0.3, 0.4) is 0 Å². The third-order valence-electron chi connectivity index (χ3n) is 4.77. The second-order valence-corrected chi connectivity index (χ2v) is 6.12. The van der Waals surface area contributed by atoms with Gasteiger partial charge < -0.3 is 14.8 Å². The van der Waals surface area contributed by atoms with E-state index in [9.17, 15) is 18.0 Å². The first kappa shape index (κ1) is 16.2. The van der Waals surface area contributed by atoms with Crippen LogP contribution in [-0.2, 0) is 24.1 Å². The maximum atomic E-state index is 12.8. The Bertz CT molecular complexity index is 585. The zero-order valence-corrected chi connectivity index (χ0v) is 12.9. The molecule has 0 spiro atoms. The zero-order chi connectivity index (χ0) is 16.6. The van der Waals surface area contributed by atoms with Gasteiger partial charge in [0, 0.05) is 19.0 Å². The van der Waals surface area contributed by atoms with E-state index in [1.54, 1.807) is 4.90 Å². The van der Waals surface area contributed by atoms with E-state index in [2.05, 4.69) is 22.4 Å². The van der Waals surface area contributed by atoms with Gasteiger partial charge in [-0.05, 0) is 25.4 Å². The predicted molar refractivity (Wildman–Crippen MR) is 75.2 cm³/mol. The summed E-state index contributed by atoms with van der Waals surface area (Å²) < 4.78 is 39.6. The first-order valence-corrected chi connectivity index (χ1v) is 7.90. The fraction of sp³-hybridized carbons (Fsp3) is 0.786. The summed E-state index contributed by atoms with van der Waals surface area (Å²) in [4.78, 5) is 14.4. The molecule has 3 heterocycles. The number of hydrogen-bond acceptors (Lipinski definition) is 4. The van der Waals surface area contributed by atoms with Gasteiger partial charge in [0.1, 0.15) is 0 Å². The van der Waals surface area contributed by atoms with E-state index < -0.39 is 12.0 Å². The lowest BCUT2D eigenvalue weighted by molar-refractivity contribution is -0.148. The number of halogens is 3. The number of nitrogens with zero attached hydrogens (tertiary/aromatic N) is 4. The predicted octanol–water partition coefficient (Wildman–Crippen LogP) is 1.27. The van der Waals surface area contributed by atoms with E-state index in [0.717, 1.165) is 30.5 Å². The Morgan fingerprint density at radius 1 is 1.35 bits per heavy atom. The Morgan fingerprint density at radius 3 is 2.83 bits per heavy atom. The number of carbonyl (C=O) groups is 1. The number of alkyl halides is 3. The van der Waals surface area contributed by atoms with Crippen LogP contribution in [0.1, 0.15) is 31.4 Å². The SMILES string of the molecule is CCC1CNCC[C@@H]1C(=O)N1CCn2c(nnc2C(F)(F)F)C1. The first-order chi connectivity index (χ1) is 10.9. The molecule has 1 aromatic heterocycles. The van der Waals surface area contributed by atoms with Crippen molar-refractivity contribution in [2.45, 2.75) is 39.0 Å². The maximum Gasteiger partial charge on any atom is 0.451 e. The first-order valence-electron chi connectivity index (χ1n) is 7.90. The van der Waals surface area contributed by atoms with E-state index in [0.29, 0.717) is 0 Å². The normalized spacial score (nSPS) is 25.3. The van der Waals surface area contributed by atoms with Crippen LogP contribution in [0, 0.1) is 11.8 Å². The lowest BCUT2D eigenvalue weighted by Gasteiger charge is -2.36. The number of aromatic nitrogens is 3. The molecule has 9 heteroatoms. The summed E-state index contributed by atoms with van der Waals surface area (Å²) in [7, 11) is 0. The van der Waals surface area contributed by atoms with Crippen LogP contribution < -0.4 is 5.32 Å². The molecule has 1 unspecified atom stereocenters. The number of rotatable bonds is 2. The van der Waals surface area contributed by atoms with Gasteiger partial charge in [0.05, 0.1) is 6.54 Å². The summed E-state index contributed by atoms with van der Waals surface area (Å²) in [6.07, 6.45) is -2.83. The smallest absolute Gasteiger partial charge is 0.333 e.